The Morgan fingerprint density at radius 3 is 2.33 bits per heavy atom. The molecule has 0 spiro atoms. The predicted octanol–water partition coefficient (Wildman–Crippen LogP) is -1.05. The van der Waals surface area contributed by atoms with Crippen molar-refractivity contribution in [2.24, 2.45) is 5.73 Å². The number of β-amino-alcohol motifs (C(OH)–C–C–N with tert-alkyl or cyclic N) is 1. The SMILES string of the molecule is CC1(O)CN(C(=N)N)C1. The van der Waals surface area contributed by atoms with E-state index in [0.717, 1.165) is 0 Å². The number of likely N-dealkylation sites (tertiary alicyclic amines) is 1. The summed E-state index contributed by atoms with van der Waals surface area (Å²) >= 11 is 0. The van der Waals surface area contributed by atoms with Crippen molar-refractivity contribution < 1.29 is 5.11 Å². The molecule has 1 heterocycles. The average Bonchev–Trinajstić information content (AvgIpc) is 1.59. The molecule has 4 heteroatoms. The van der Waals surface area contributed by atoms with E-state index in [1.807, 2.05) is 0 Å². The fourth-order valence-corrected chi connectivity index (χ4v) is 0.946. The second kappa shape index (κ2) is 1.60. The highest BCUT2D eigenvalue weighted by Gasteiger charge is 2.36. The van der Waals surface area contributed by atoms with E-state index in [1.165, 1.54) is 0 Å². The second-order valence-electron chi connectivity index (χ2n) is 2.74. The summed E-state index contributed by atoms with van der Waals surface area (Å²) in [6.45, 7) is 2.71. The highest BCUT2D eigenvalue weighted by Crippen LogP contribution is 2.17. The van der Waals surface area contributed by atoms with Crippen LogP contribution < -0.4 is 5.73 Å². The third-order valence-corrected chi connectivity index (χ3v) is 1.40. The van der Waals surface area contributed by atoms with Gasteiger partial charge < -0.3 is 15.7 Å². The van der Waals surface area contributed by atoms with Crippen LogP contribution in [0.2, 0.25) is 0 Å². The van der Waals surface area contributed by atoms with E-state index in [9.17, 15) is 0 Å². The predicted molar refractivity (Wildman–Crippen MR) is 34.1 cm³/mol. The van der Waals surface area contributed by atoms with Crippen molar-refractivity contribution in [1.82, 2.24) is 4.90 Å². The van der Waals surface area contributed by atoms with Gasteiger partial charge in [-0.25, -0.2) is 0 Å². The van der Waals surface area contributed by atoms with Gasteiger partial charge in [-0.15, -0.1) is 0 Å². The summed E-state index contributed by atoms with van der Waals surface area (Å²) in [5.41, 5.74) is 4.50. The molecule has 1 aliphatic rings. The van der Waals surface area contributed by atoms with Gasteiger partial charge in [0.05, 0.1) is 18.7 Å². The maximum absolute atomic E-state index is 9.14. The number of rotatable bonds is 0. The van der Waals surface area contributed by atoms with E-state index >= 15 is 0 Å². The van der Waals surface area contributed by atoms with Crippen molar-refractivity contribution >= 4 is 5.96 Å². The summed E-state index contributed by atoms with van der Waals surface area (Å²) in [5, 5.41) is 16.1. The molecule has 0 amide bonds. The van der Waals surface area contributed by atoms with Crippen LogP contribution in [0, 0.1) is 5.41 Å². The molecule has 0 aromatic carbocycles. The number of hydrogen-bond donors (Lipinski definition) is 3. The molecular weight excluding hydrogens is 118 g/mol. The molecule has 0 radical (unpaired) electrons. The van der Waals surface area contributed by atoms with E-state index in [-0.39, 0.29) is 5.96 Å². The maximum Gasteiger partial charge on any atom is 0.188 e. The first-order valence-corrected chi connectivity index (χ1v) is 2.83. The Labute approximate surface area is 53.8 Å². The molecule has 1 saturated heterocycles. The van der Waals surface area contributed by atoms with Crippen LogP contribution >= 0.6 is 0 Å². The quantitative estimate of drug-likeness (QED) is 0.288. The summed E-state index contributed by atoms with van der Waals surface area (Å²) in [6.07, 6.45) is 0. The van der Waals surface area contributed by atoms with E-state index in [1.54, 1.807) is 11.8 Å². The van der Waals surface area contributed by atoms with Gasteiger partial charge in [-0.2, -0.15) is 0 Å². The maximum atomic E-state index is 9.14. The molecule has 4 nitrogen and oxygen atoms in total. The molecule has 0 atom stereocenters. The van der Waals surface area contributed by atoms with Crippen LogP contribution in [0.15, 0.2) is 0 Å². The van der Waals surface area contributed by atoms with Gasteiger partial charge in [-0.05, 0) is 6.92 Å². The Hall–Kier alpha value is -0.770. The first-order valence-electron chi connectivity index (χ1n) is 2.83. The van der Waals surface area contributed by atoms with Gasteiger partial charge >= 0.3 is 0 Å². The Bertz CT molecular complexity index is 135. The van der Waals surface area contributed by atoms with Crippen molar-refractivity contribution in [3.05, 3.63) is 0 Å². The molecule has 0 aromatic rings. The first kappa shape index (κ1) is 6.35. The van der Waals surface area contributed by atoms with Gasteiger partial charge in [-0.3, -0.25) is 5.41 Å². The standard InChI is InChI=1S/C5H11N3O/c1-5(9)2-8(3-5)4(6)7/h9H,2-3H2,1H3,(H3,6,7). The zero-order valence-corrected chi connectivity index (χ0v) is 5.39. The van der Waals surface area contributed by atoms with Crippen molar-refractivity contribution in [3.63, 3.8) is 0 Å². The van der Waals surface area contributed by atoms with Crippen LogP contribution in [0.1, 0.15) is 6.92 Å². The molecule has 0 unspecified atom stereocenters. The Kier molecular flexibility index (Phi) is 1.13. The van der Waals surface area contributed by atoms with Crippen LogP contribution in [-0.2, 0) is 0 Å². The molecule has 1 fully saturated rings. The lowest BCUT2D eigenvalue weighted by molar-refractivity contribution is -0.0505. The zero-order chi connectivity index (χ0) is 7.07. The number of guanidine groups is 1. The number of nitrogens with zero attached hydrogens (tertiary/aromatic N) is 1. The monoisotopic (exact) mass is 129 g/mol. The average molecular weight is 129 g/mol. The normalized spacial score (nSPS) is 23.1. The van der Waals surface area contributed by atoms with E-state index in [0.29, 0.717) is 13.1 Å². The lowest BCUT2D eigenvalue weighted by Gasteiger charge is -2.44. The lowest BCUT2D eigenvalue weighted by atomic mass is 9.98. The Morgan fingerprint density at radius 1 is 1.78 bits per heavy atom. The van der Waals surface area contributed by atoms with Crippen LogP contribution in [-0.4, -0.2) is 34.7 Å². The summed E-state index contributed by atoms with van der Waals surface area (Å²) < 4.78 is 0. The Balaban J connectivity index is 2.35. The molecule has 0 saturated carbocycles. The van der Waals surface area contributed by atoms with Crippen LogP contribution in [0.4, 0.5) is 0 Å². The minimum atomic E-state index is -0.619. The highest BCUT2D eigenvalue weighted by molar-refractivity contribution is 5.75. The summed E-state index contributed by atoms with van der Waals surface area (Å²) in [7, 11) is 0. The minimum Gasteiger partial charge on any atom is -0.386 e. The summed E-state index contributed by atoms with van der Waals surface area (Å²) in [4.78, 5) is 1.61. The zero-order valence-electron chi connectivity index (χ0n) is 5.39. The van der Waals surface area contributed by atoms with Crippen LogP contribution in [0.5, 0.6) is 0 Å². The lowest BCUT2D eigenvalue weighted by Crippen LogP contribution is -2.63. The fourth-order valence-electron chi connectivity index (χ4n) is 0.946. The second-order valence-corrected chi connectivity index (χ2v) is 2.74. The van der Waals surface area contributed by atoms with Crippen LogP contribution in [0.25, 0.3) is 0 Å². The summed E-state index contributed by atoms with van der Waals surface area (Å²) in [5.74, 6) is 0.0431. The minimum absolute atomic E-state index is 0.0431. The van der Waals surface area contributed by atoms with E-state index in [4.69, 9.17) is 16.2 Å². The summed E-state index contributed by atoms with van der Waals surface area (Å²) in [6, 6.07) is 0. The topological polar surface area (TPSA) is 73.3 Å². The third-order valence-electron chi connectivity index (χ3n) is 1.40. The van der Waals surface area contributed by atoms with Crippen molar-refractivity contribution in [1.29, 1.82) is 5.41 Å². The van der Waals surface area contributed by atoms with Crippen LogP contribution in [0.3, 0.4) is 0 Å². The largest absolute Gasteiger partial charge is 0.386 e. The molecule has 52 valence electrons. The van der Waals surface area contributed by atoms with Crippen molar-refractivity contribution in [2.45, 2.75) is 12.5 Å². The van der Waals surface area contributed by atoms with Gasteiger partial charge in [0.1, 0.15) is 0 Å². The van der Waals surface area contributed by atoms with Gasteiger partial charge in [0.25, 0.3) is 0 Å². The fraction of sp³-hybridized carbons (Fsp3) is 0.800. The number of aliphatic hydroxyl groups is 1. The van der Waals surface area contributed by atoms with Gasteiger partial charge in [0.15, 0.2) is 5.96 Å². The first-order chi connectivity index (χ1) is 4.01. The molecule has 1 aliphatic heterocycles. The third kappa shape index (κ3) is 1.13. The van der Waals surface area contributed by atoms with E-state index in [2.05, 4.69) is 0 Å². The Morgan fingerprint density at radius 2 is 2.22 bits per heavy atom. The molecule has 0 aromatic heterocycles. The van der Waals surface area contributed by atoms with E-state index < -0.39 is 5.60 Å². The molecular formula is C5H11N3O. The number of hydrogen-bond acceptors (Lipinski definition) is 2. The highest BCUT2D eigenvalue weighted by atomic mass is 16.3. The molecule has 1 rings (SSSR count). The molecule has 0 aliphatic carbocycles. The van der Waals surface area contributed by atoms with Gasteiger partial charge in [-0.1, -0.05) is 0 Å². The molecule has 0 bridgehead atoms. The number of nitrogens with one attached hydrogen (secondary N) is 1. The van der Waals surface area contributed by atoms with Gasteiger partial charge in [0.2, 0.25) is 0 Å². The molecule has 4 N–H and O–H groups in total. The van der Waals surface area contributed by atoms with Gasteiger partial charge in [0, 0.05) is 0 Å². The molecule has 9 heavy (non-hydrogen) atoms. The number of nitrogens with two attached hydrogens (primary N) is 1. The smallest absolute Gasteiger partial charge is 0.188 e. The van der Waals surface area contributed by atoms with Crippen molar-refractivity contribution in [3.8, 4) is 0 Å². The van der Waals surface area contributed by atoms with Crippen molar-refractivity contribution in [2.75, 3.05) is 13.1 Å².